The number of hydrogen-bond acceptors (Lipinski definition) is 2. The molecule has 12 heavy (non-hydrogen) atoms. The zero-order valence-electron chi connectivity index (χ0n) is 5.97. The van der Waals surface area contributed by atoms with Gasteiger partial charge in [0.2, 0.25) is 0 Å². The Morgan fingerprint density at radius 1 is 1.58 bits per heavy atom. The molecule has 1 aliphatic rings. The van der Waals surface area contributed by atoms with Crippen molar-refractivity contribution >= 4 is 38.5 Å². The van der Waals surface area contributed by atoms with Gasteiger partial charge in [0.25, 0.3) is 0 Å². The van der Waals surface area contributed by atoms with E-state index in [1.54, 1.807) is 0 Å². The third kappa shape index (κ3) is 1.61. The molecule has 1 heterocycles. The molecule has 5 heteroatoms. The van der Waals surface area contributed by atoms with Crippen LogP contribution in [-0.2, 0) is 0 Å². The summed E-state index contributed by atoms with van der Waals surface area (Å²) in [5.41, 5.74) is 0.977. The molecule has 1 saturated carbocycles. The first-order chi connectivity index (χ1) is 5.68. The third-order valence-corrected chi connectivity index (χ3v) is 3.08. The summed E-state index contributed by atoms with van der Waals surface area (Å²) in [6.07, 6.45) is -0.0386. The van der Waals surface area contributed by atoms with E-state index >= 15 is 0 Å². The summed E-state index contributed by atoms with van der Waals surface area (Å²) in [7, 11) is 0. The smallest absolute Gasteiger partial charge is 0.129 e. The normalized spacial score (nSPS) is 27.2. The summed E-state index contributed by atoms with van der Waals surface area (Å²) >= 11 is 5.29. The van der Waals surface area contributed by atoms with Gasteiger partial charge in [0.05, 0.1) is 0 Å². The predicted molar refractivity (Wildman–Crippen MR) is 54.7 cm³/mol. The average Bonchev–Trinajstić information content (AvgIpc) is 2.73. The number of halogens is 3. The second-order valence-electron chi connectivity index (χ2n) is 2.77. The van der Waals surface area contributed by atoms with Crippen LogP contribution in [0.25, 0.3) is 0 Å². The van der Waals surface area contributed by atoms with Crippen LogP contribution in [0.5, 0.6) is 0 Å². The number of nitrogens with zero attached hydrogens (tertiary/aromatic N) is 2. The third-order valence-electron chi connectivity index (χ3n) is 1.86. The van der Waals surface area contributed by atoms with Crippen LogP contribution >= 0.6 is 38.5 Å². The molecule has 1 aliphatic carbocycles. The van der Waals surface area contributed by atoms with Crippen molar-refractivity contribution in [2.75, 3.05) is 0 Å². The van der Waals surface area contributed by atoms with Gasteiger partial charge in [0, 0.05) is 5.92 Å². The molecule has 2 unspecified atom stereocenters. The topological polar surface area (TPSA) is 25.8 Å². The van der Waals surface area contributed by atoms with E-state index in [-0.39, 0.29) is 5.92 Å². The Hall–Kier alpha value is 0.220. The van der Waals surface area contributed by atoms with Gasteiger partial charge in [-0.3, -0.25) is 0 Å². The minimum absolute atomic E-state index is 0.0590. The lowest BCUT2D eigenvalue weighted by Gasteiger charge is -1.99. The molecular formula is C7H5BrFIN2. The summed E-state index contributed by atoms with van der Waals surface area (Å²) in [6, 6.07) is 1.85. The lowest BCUT2D eigenvalue weighted by atomic mass is 10.2. The van der Waals surface area contributed by atoms with Crippen LogP contribution < -0.4 is 0 Å². The molecular weight excluding hydrogens is 338 g/mol. The van der Waals surface area contributed by atoms with Crippen molar-refractivity contribution in [2.45, 2.75) is 18.5 Å². The molecule has 64 valence electrons. The second-order valence-corrected chi connectivity index (χ2v) is 4.61. The van der Waals surface area contributed by atoms with E-state index in [1.165, 1.54) is 0 Å². The summed E-state index contributed by atoms with van der Waals surface area (Å²) < 4.78 is 14.2. The highest BCUT2D eigenvalue weighted by Gasteiger charge is 2.40. The van der Waals surface area contributed by atoms with E-state index in [9.17, 15) is 4.39 Å². The first kappa shape index (κ1) is 8.80. The highest BCUT2D eigenvalue weighted by atomic mass is 127. The van der Waals surface area contributed by atoms with Gasteiger partial charge < -0.3 is 0 Å². The Morgan fingerprint density at radius 2 is 2.25 bits per heavy atom. The highest BCUT2D eigenvalue weighted by Crippen LogP contribution is 2.44. The number of rotatable bonds is 1. The molecule has 1 fully saturated rings. The quantitative estimate of drug-likeness (QED) is 0.733. The fraction of sp³-hybridized carbons (Fsp3) is 0.429. The maximum Gasteiger partial charge on any atom is 0.129 e. The van der Waals surface area contributed by atoms with Crippen LogP contribution in [0, 0.1) is 3.70 Å². The molecule has 0 N–H and O–H groups in total. The molecule has 0 aromatic carbocycles. The molecule has 0 radical (unpaired) electrons. The van der Waals surface area contributed by atoms with Gasteiger partial charge in [0.1, 0.15) is 14.5 Å². The number of aromatic nitrogens is 2. The van der Waals surface area contributed by atoms with Crippen molar-refractivity contribution in [1.82, 2.24) is 10.2 Å². The molecule has 1 aromatic heterocycles. The second kappa shape index (κ2) is 3.17. The van der Waals surface area contributed by atoms with Crippen LogP contribution in [-0.4, -0.2) is 16.4 Å². The van der Waals surface area contributed by atoms with Gasteiger partial charge in [-0.05, 0) is 56.6 Å². The number of hydrogen-bond donors (Lipinski definition) is 0. The van der Waals surface area contributed by atoms with Crippen molar-refractivity contribution in [2.24, 2.45) is 0 Å². The molecule has 0 aliphatic heterocycles. The Bertz CT molecular complexity index is 320. The zero-order chi connectivity index (χ0) is 8.72. The van der Waals surface area contributed by atoms with Gasteiger partial charge in [-0.15, -0.1) is 10.2 Å². The Kier molecular flexibility index (Phi) is 2.33. The fourth-order valence-corrected chi connectivity index (χ4v) is 2.10. The van der Waals surface area contributed by atoms with Crippen molar-refractivity contribution in [3.63, 3.8) is 0 Å². The SMILES string of the molecule is FC1CC1c1cc(Br)nnc1I. The van der Waals surface area contributed by atoms with Crippen LogP contribution in [0.15, 0.2) is 10.7 Å². The Balaban J connectivity index is 2.36. The molecule has 1 aromatic rings. The molecule has 0 bridgehead atoms. The summed E-state index contributed by atoms with van der Waals surface area (Å²) in [4.78, 5) is 0. The lowest BCUT2D eigenvalue weighted by Crippen LogP contribution is -1.95. The molecule has 0 amide bonds. The molecule has 2 atom stereocenters. The van der Waals surface area contributed by atoms with E-state index < -0.39 is 6.17 Å². The van der Waals surface area contributed by atoms with Gasteiger partial charge in [0.15, 0.2) is 0 Å². The molecule has 0 saturated heterocycles. The van der Waals surface area contributed by atoms with Crippen LogP contribution in [0.2, 0.25) is 0 Å². The lowest BCUT2D eigenvalue weighted by molar-refractivity contribution is 0.467. The van der Waals surface area contributed by atoms with Crippen LogP contribution in [0.1, 0.15) is 17.9 Å². The summed E-state index contributed by atoms with van der Waals surface area (Å²) in [5.74, 6) is 0.0590. The first-order valence-electron chi connectivity index (χ1n) is 3.51. The maximum atomic E-state index is 12.7. The van der Waals surface area contributed by atoms with E-state index in [4.69, 9.17) is 0 Å². The van der Waals surface area contributed by atoms with Gasteiger partial charge in [-0.25, -0.2) is 4.39 Å². The van der Waals surface area contributed by atoms with Gasteiger partial charge in [-0.1, -0.05) is 0 Å². The van der Waals surface area contributed by atoms with E-state index in [0.29, 0.717) is 11.0 Å². The van der Waals surface area contributed by atoms with Crippen molar-refractivity contribution in [3.05, 3.63) is 19.9 Å². The van der Waals surface area contributed by atoms with Crippen molar-refractivity contribution in [1.29, 1.82) is 0 Å². The summed E-state index contributed by atoms with van der Waals surface area (Å²) in [6.45, 7) is 0. The molecule has 0 spiro atoms. The van der Waals surface area contributed by atoms with Gasteiger partial charge >= 0.3 is 0 Å². The van der Waals surface area contributed by atoms with Crippen LogP contribution in [0.4, 0.5) is 4.39 Å². The van der Waals surface area contributed by atoms with E-state index in [0.717, 1.165) is 9.26 Å². The number of alkyl halides is 1. The van der Waals surface area contributed by atoms with Crippen molar-refractivity contribution in [3.8, 4) is 0 Å². The Labute approximate surface area is 91.2 Å². The summed E-state index contributed by atoms with van der Waals surface area (Å²) in [5, 5.41) is 7.71. The maximum absolute atomic E-state index is 12.7. The van der Waals surface area contributed by atoms with E-state index in [2.05, 4.69) is 48.7 Å². The minimum Gasteiger partial charge on any atom is -0.247 e. The minimum atomic E-state index is -0.672. The standard InChI is InChI=1S/C7H5BrFIN2/c8-6-2-4(3-1-5(3)9)7(10)12-11-6/h2-3,5H,1H2. The predicted octanol–water partition coefficient (Wildman–Crippen LogP) is 2.67. The molecule has 2 nitrogen and oxygen atoms in total. The average molecular weight is 343 g/mol. The first-order valence-corrected chi connectivity index (χ1v) is 5.38. The highest BCUT2D eigenvalue weighted by molar-refractivity contribution is 14.1. The zero-order valence-corrected chi connectivity index (χ0v) is 9.71. The Morgan fingerprint density at radius 3 is 2.83 bits per heavy atom. The fourth-order valence-electron chi connectivity index (χ4n) is 1.11. The van der Waals surface area contributed by atoms with Gasteiger partial charge in [-0.2, -0.15) is 0 Å². The molecule has 2 rings (SSSR count). The van der Waals surface area contributed by atoms with Crippen molar-refractivity contribution < 1.29 is 4.39 Å². The van der Waals surface area contributed by atoms with E-state index in [1.807, 2.05) is 6.07 Å². The largest absolute Gasteiger partial charge is 0.247 e. The monoisotopic (exact) mass is 342 g/mol. The van der Waals surface area contributed by atoms with Crippen LogP contribution in [0.3, 0.4) is 0 Å².